The Labute approximate surface area is 181 Å². The van der Waals surface area contributed by atoms with Crippen LogP contribution in [0.2, 0.25) is 0 Å². The van der Waals surface area contributed by atoms with Crippen molar-refractivity contribution in [3.63, 3.8) is 0 Å². The van der Waals surface area contributed by atoms with Crippen LogP contribution >= 0.6 is 23.1 Å². The van der Waals surface area contributed by atoms with E-state index in [1.54, 1.807) is 38.1 Å². The summed E-state index contributed by atoms with van der Waals surface area (Å²) in [5, 5.41) is 2.80. The molecule has 4 rings (SSSR count). The van der Waals surface area contributed by atoms with Crippen molar-refractivity contribution in [1.82, 2.24) is 4.98 Å². The number of fused-ring (bicyclic) bond motifs is 2. The van der Waals surface area contributed by atoms with Crippen LogP contribution in [0.1, 0.15) is 13.8 Å². The molecule has 154 valence electrons. The summed E-state index contributed by atoms with van der Waals surface area (Å²) in [7, 11) is 0. The van der Waals surface area contributed by atoms with Gasteiger partial charge in [0.15, 0.2) is 10.9 Å². The van der Waals surface area contributed by atoms with Crippen LogP contribution in [-0.4, -0.2) is 40.7 Å². The quantitative estimate of drug-likeness (QED) is 0.480. The van der Waals surface area contributed by atoms with Crippen molar-refractivity contribution >= 4 is 62.5 Å². The number of aromatic nitrogens is 1. The molecule has 9 heteroatoms. The van der Waals surface area contributed by atoms with E-state index in [-0.39, 0.29) is 11.7 Å². The molecule has 1 aliphatic heterocycles. The van der Waals surface area contributed by atoms with Crippen LogP contribution in [0.4, 0.5) is 11.4 Å². The molecule has 30 heavy (non-hydrogen) atoms. The van der Waals surface area contributed by atoms with E-state index in [0.717, 1.165) is 14.6 Å². The number of nitrogens with zero attached hydrogens (tertiary/aromatic N) is 2. The summed E-state index contributed by atoms with van der Waals surface area (Å²) in [6.07, 6.45) is 0. The fraction of sp³-hybridized carbons (Fsp3) is 0.238. The number of para-hydroxylation sites is 3. The summed E-state index contributed by atoms with van der Waals surface area (Å²) >= 11 is 2.78. The number of hydrogen-bond acceptors (Lipinski definition) is 7. The lowest BCUT2D eigenvalue weighted by Gasteiger charge is -2.41. The van der Waals surface area contributed by atoms with Gasteiger partial charge in [-0.25, -0.2) is 4.98 Å². The number of nitrogens with one attached hydrogen (secondary N) is 1. The molecule has 0 aliphatic carbocycles. The number of esters is 1. The molecule has 0 radical (unpaired) electrons. The van der Waals surface area contributed by atoms with E-state index in [0.29, 0.717) is 11.4 Å². The third-order valence-corrected chi connectivity index (χ3v) is 6.85. The van der Waals surface area contributed by atoms with Gasteiger partial charge in [-0.3, -0.25) is 19.3 Å². The van der Waals surface area contributed by atoms with Gasteiger partial charge in [0.05, 0.1) is 27.3 Å². The van der Waals surface area contributed by atoms with Crippen molar-refractivity contribution in [2.75, 3.05) is 22.6 Å². The first-order valence-electron chi connectivity index (χ1n) is 9.24. The zero-order valence-electron chi connectivity index (χ0n) is 16.4. The van der Waals surface area contributed by atoms with Crippen molar-refractivity contribution in [3.8, 4) is 0 Å². The highest BCUT2D eigenvalue weighted by atomic mass is 32.2. The molecule has 2 amide bonds. The van der Waals surface area contributed by atoms with Gasteiger partial charge in [0, 0.05) is 0 Å². The number of hydrogen-bond donors (Lipinski definition) is 1. The number of benzene rings is 2. The van der Waals surface area contributed by atoms with Gasteiger partial charge in [-0.15, -0.1) is 11.3 Å². The number of amides is 2. The first-order valence-corrected chi connectivity index (χ1v) is 11.0. The molecule has 0 fully saturated rings. The van der Waals surface area contributed by atoms with E-state index in [1.165, 1.54) is 28.0 Å². The summed E-state index contributed by atoms with van der Waals surface area (Å²) in [6, 6.07) is 14.8. The molecule has 0 saturated heterocycles. The van der Waals surface area contributed by atoms with Crippen LogP contribution in [-0.2, 0) is 19.1 Å². The predicted molar refractivity (Wildman–Crippen MR) is 118 cm³/mol. The second kappa shape index (κ2) is 8.08. The van der Waals surface area contributed by atoms with Crippen molar-refractivity contribution in [2.24, 2.45) is 0 Å². The maximum absolute atomic E-state index is 12.9. The first-order chi connectivity index (χ1) is 14.4. The van der Waals surface area contributed by atoms with Crippen LogP contribution in [0.25, 0.3) is 10.2 Å². The van der Waals surface area contributed by atoms with Gasteiger partial charge in [-0.1, -0.05) is 36.0 Å². The Morgan fingerprint density at radius 1 is 1.17 bits per heavy atom. The normalized spacial score (nSPS) is 14.9. The van der Waals surface area contributed by atoms with Gasteiger partial charge in [-0.05, 0) is 38.1 Å². The van der Waals surface area contributed by atoms with Gasteiger partial charge < -0.3 is 10.1 Å². The molecule has 2 heterocycles. The third-order valence-electron chi connectivity index (χ3n) is 4.70. The molecular weight excluding hydrogens is 422 g/mol. The monoisotopic (exact) mass is 441 g/mol. The average molecular weight is 442 g/mol. The SMILES string of the molecule is CC1(C)C(=O)Nc2ccccc2N1C(=O)COC(=O)CSc1nc2ccccc2s1. The molecule has 3 aromatic rings. The van der Waals surface area contributed by atoms with E-state index in [4.69, 9.17) is 4.74 Å². The zero-order chi connectivity index (χ0) is 21.3. The van der Waals surface area contributed by atoms with E-state index in [1.807, 2.05) is 24.3 Å². The molecule has 0 bridgehead atoms. The Morgan fingerprint density at radius 2 is 1.90 bits per heavy atom. The van der Waals surface area contributed by atoms with Crippen LogP contribution in [0.3, 0.4) is 0 Å². The van der Waals surface area contributed by atoms with Crippen LogP contribution in [0, 0.1) is 0 Å². The molecule has 7 nitrogen and oxygen atoms in total. The van der Waals surface area contributed by atoms with E-state index < -0.39 is 24.0 Å². The average Bonchev–Trinajstić information content (AvgIpc) is 3.14. The molecule has 1 N–H and O–H groups in total. The minimum atomic E-state index is -1.10. The van der Waals surface area contributed by atoms with Crippen molar-refractivity contribution in [1.29, 1.82) is 0 Å². The number of thiazole rings is 1. The van der Waals surface area contributed by atoms with Crippen LogP contribution < -0.4 is 10.2 Å². The Kier molecular flexibility index (Phi) is 5.48. The number of anilines is 2. The fourth-order valence-corrected chi connectivity index (χ4v) is 5.05. The summed E-state index contributed by atoms with van der Waals surface area (Å²) in [5.41, 5.74) is 0.908. The summed E-state index contributed by atoms with van der Waals surface area (Å²) in [6.45, 7) is 2.87. The van der Waals surface area contributed by atoms with E-state index in [2.05, 4.69) is 10.3 Å². The largest absolute Gasteiger partial charge is 0.455 e. The maximum atomic E-state index is 12.9. The molecule has 0 unspecified atom stereocenters. The fourth-order valence-electron chi connectivity index (χ4n) is 3.18. The van der Waals surface area contributed by atoms with Gasteiger partial charge in [-0.2, -0.15) is 0 Å². The zero-order valence-corrected chi connectivity index (χ0v) is 18.0. The van der Waals surface area contributed by atoms with Gasteiger partial charge in [0.2, 0.25) is 5.91 Å². The standard InChI is InChI=1S/C21H19N3O4S2/c1-21(2)19(27)22-13-7-3-5-9-15(13)24(21)17(25)11-28-18(26)12-29-20-23-14-8-4-6-10-16(14)30-20/h3-10H,11-12H2,1-2H3,(H,22,27). The van der Waals surface area contributed by atoms with Crippen molar-refractivity contribution < 1.29 is 19.1 Å². The number of carbonyl (C=O) groups excluding carboxylic acids is 3. The number of carbonyl (C=O) groups is 3. The van der Waals surface area contributed by atoms with Gasteiger partial charge in [0.1, 0.15) is 5.54 Å². The Balaban J connectivity index is 1.38. The first kappa shape index (κ1) is 20.4. The van der Waals surface area contributed by atoms with Crippen LogP contribution in [0.5, 0.6) is 0 Å². The Bertz CT molecular complexity index is 1110. The topological polar surface area (TPSA) is 88.6 Å². The second-order valence-electron chi connectivity index (χ2n) is 7.16. The minimum Gasteiger partial charge on any atom is -0.455 e. The third kappa shape index (κ3) is 3.90. The number of thioether (sulfide) groups is 1. The van der Waals surface area contributed by atoms with E-state index >= 15 is 0 Å². The molecular formula is C21H19N3O4S2. The lowest BCUT2D eigenvalue weighted by atomic mass is 9.96. The highest BCUT2D eigenvalue weighted by Gasteiger charge is 2.43. The smallest absolute Gasteiger partial charge is 0.316 e. The molecule has 0 spiro atoms. The summed E-state index contributed by atoms with van der Waals surface area (Å²) in [5.74, 6) is -1.22. The molecule has 1 aromatic heterocycles. The minimum absolute atomic E-state index is 0.0492. The molecule has 0 saturated carbocycles. The van der Waals surface area contributed by atoms with Crippen LogP contribution in [0.15, 0.2) is 52.9 Å². The highest BCUT2D eigenvalue weighted by Crippen LogP contribution is 2.36. The molecule has 2 aromatic carbocycles. The van der Waals surface area contributed by atoms with Gasteiger partial charge in [0.25, 0.3) is 5.91 Å². The number of rotatable bonds is 5. The lowest BCUT2D eigenvalue weighted by molar-refractivity contribution is -0.145. The predicted octanol–water partition coefficient (Wildman–Crippen LogP) is 3.70. The maximum Gasteiger partial charge on any atom is 0.316 e. The Hall–Kier alpha value is -2.91. The second-order valence-corrected chi connectivity index (χ2v) is 9.41. The highest BCUT2D eigenvalue weighted by molar-refractivity contribution is 8.01. The van der Waals surface area contributed by atoms with Gasteiger partial charge >= 0.3 is 5.97 Å². The summed E-state index contributed by atoms with van der Waals surface area (Å²) < 4.78 is 7.01. The van der Waals surface area contributed by atoms with E-state index in [9.17, 15) is 14.4 Å². The molecule has 1 aliphatic rings. The number of ether oxygens (including phenoxy) is 1. The lowest BCUT2D eigenvalue weighted by Crippen LogP contribution is -2.59. The Morgan fingerprint density at radius 3 is 2.70 bits per heavy atom. The summed E-state index contributed by atoms with van der Waals surface area (Å²) in [4.78, 5) is 43.3. The van der Waals surface area contributed by atoms with Crippen molar-refractivity contribution in [2.45, 2.75) is 23.7 Å². The van der Waals surface area contributed by atoms with Crippen molar-refractivity contribution in [3.05, 3.63) is 48.5 Å². The molecule has 0 atom stereocenters.